The molecule has 140 valence electrons. The summed E-state index contributed by atoms with van der Waals surface area (Å²) in [7, 11) is 0. The van der Waals surface area contributed by atoms with Crippen molar-refractivity contribution in [3.05, 3.63) is 76.5 Å². The fourth-order valence-corrected chi connectivity index (χ4v) is 2.76. The first-order chi connectivity index (χ1) is 12.9. The summed E-state index contributed by atoms with van der Waals surface area (Å²) in [5, 5.41) is 0. The van der Waals surface area contributed by atoms with E-state index in [1.807, 2.05) is 12.1 Å². The molecule has 0 unspecified atom stereocenters. The lowest BCUT2D eigenvalue weighted by atomic mass is 10.1. The molecule has 0 aromatic heterocycles. The van der Waals surface area contributed by atoms with E-state index in [4.69, 9.17) is 4.74 Å². The van der Waals surface area contributed by atoms with Gasteiger partial charge in [0, 0.05) is 5.56 Å². The van der Waals surface area contributed by atoms with Crippen LogP contribution in [0.2, 0.25) is 0 Å². The largest absolute Gasteiger partial charge is 0.416 e. The number of carbonyl (C=O) groups excluding carboxylic acids is 1. The second-order valence-electron chi connectivity index (χ2n) is 6.22. The molecule has 3 nitrogen and oxygen atoms in total. The van der Waals surface area contributed by atoms with Gasteiger partial charge < -0.3 is 4.74 Å². The molecule has 0 atom stereocenters. The van der Waals surface area contributed by atoms with Crippen molar-refractivity contribution in [1.82, 2.24) is 0 Å². The number of unbranched alkanes of at least 4 members (excludes halogenated alkanes) is 1. The van der Waals surface area contributed by atoms with Gasteiger partial charge >= 0.3 is 12.1 Å². The van der Waals surface area contributed by atoms with Crippen molar-refractivity contribution in [2.24, 2.45) is 4.99 Å². The predicted octanol–water partition coefficient (Wildman–Crippen LogP) is 5.39. The van der Waals surface area contributed by atoms with Crippen LogP contribution in [0.3, 0.4) is 0 Å². The van der Waals surface area contributed by atoms with Gasteiger partial charge in [-0.25, -0.2) is 9.79 Å². The third kappa shape index (κ3) is 4.45. The minimum atomic E-state index is -4.52. The number of alkyl halides is 3. The SMILES string of the molecule is CCCCc1ccc(C2=N/C(=C\c3ccccc3C(F)(F)F)C(=O)O2)cc1. The van der Waals surface area contributed by atoms with Gasteiger partial charge in [0.1, 0.15) is 0 Å². The van der Waals surface area contributed by atoms with Crippen molar-refractivity contribution >= 4 is 17.9 Å². The van der Waals surface area contributed by atoms with Gasteiger partial charge in [0.05, 0.1) is 5.56 Å². The minimum Gasteiger partial charge on any atom is -0.402 e. The van der Waals surface area contributed by atoms with Gasteiger partial charge in [-0.2, -0.15) is 13.2 Å². The molecule has 27 heavy (non-hydrogen) atoms. The number of aliphatic imine (C=N–C) groups is 1. The van der Waals surface area contributed by atoms with Crippen molar-refractivity contribution in [2.75, 3.05) is 0 Å². The molecule has 6 heteroatoms. The number of esters is 1. The Morgan fingerprint density at radius 2 is 1.78 bits per heavy atom. The number of nitrogens with zero attached hydrogens (tertiary/aromatic N) is 1. The molecule has 0 bridgehead atoms. The number of hydrogen-bond donors (Lipinski definition) is 0. The number of halogens is 3. The second-order valence-corrected chi connectivity index (χ2v) is 6.22. The van der Waals surface area contributed by atoms with Crippen molar-refractivity contribution in [3.8, 4) is 0 Å². The summed E-state index contributed by atoms with van der Waals surface area (Å²) in [6, 6.07) is 12.5. The molecule has 0 fully saturated rings. The monoisotopic (exact) mass is 373 g/mol. The lowest BCUT2D eigenvalue weighted by molar-refractivity contribution is -0.137. The quantitative estimate of drug-likeness (QED) is 0.520. The lowest BCUT2D eigenvalue weighted by Crippen LogP contribution is -2.08. The lowest BCUT2D eigenvalue weighted by Gasteiger charge is -2.09. The number of carbonyl (C=O) groups is 1. The van der Waals surface area contributed by atoms with Gasteiger partial charge in [-0.05, 0) is 48.2 Å². The topological polar surface area (TPSA) is 38.7 Å². The number of hydrogen-bond acceptors (Lipinski definition) is 3. The fourth-order valence-electron chi connectivity index (χ4n) is 2.76. The van der Waals surface area contributed by atoms with Crippen molar-refractivity contribution in [3.63, 3.8) is 0 Å². The first-order valence-corrected chi connectivity index (χ1v) is 8.66. The molecule has 0 spiro atoms. The highest BCUT2D eigenvalue weighted by atomic mass is 19.4. The highest BCUT2D eigenvalue weighted by Gasteiger charge is 2.33. The molecule has 1 aliphatic heterocycles. The number of rotatable bonds is 5. The zero-order chi connectivity index (χ0) is 19.4. The maximum Gasteiger partial charge on any atom is 0.416 e. The molecule has 0 N–H and O–H groups in total. The van der Waals surface area contributed by atoms with E-state index in [0.717, 1.165) is 31.4 Å². The molecule has 0 radical (unpaired) electrons. The van der Waals surface area contributed by atoms with E-state index in [1.165, 1.54) is 23.8 Å². The first-order valence-electron chi connectivity index (χ1n) is 8.66. The van der Waals surface area contributed by atoms with Gasteiger partial charge in [-0.15, -0.1) is 0 Å². The van der Waals surface area contributed by atoms with Crippen LogP contribution in [0.4, 0.5) is 13.2 Å². The molecule has 0 amide bonds. The Hall–Kier alpha value is -2.89. The van der Waals surface area contributed by atoms with E-state index in [2.05, 4.69) is 11.9 Å². The Morgan fingerprint density at radius 1 is 1.07 bits per heavy atom. The average Bonchev–Trinajstić information content (AvgIpc) is 3.00. The average molecular weight is 373 g/mol. The summed E-state index contributed by atoms with van der Waals surface area (Å²) in [6.07, 6.45) is -0.270. The molecular formula is C21H18F3NO2. The zero-order valence-electron chi connectivity index (χ0n) is 14.7. The minimum absolute atomic E-state index is 0.0952. The first kappa shape index (κ1) is 18.9. The number of aryl methyl sites for hydroxylation is 1. The van der Waals surface area contributed by atoms with Crippen LogP contribution in [0.15, 0.2) is 59.2 Å². The Bertz CT molecular complexity index is 896. The Kier molecular flexibility index (Phi) is 5.44. The number of ether oxygens (including phenoxy) is 1. The molecule has 0 saturated heterocycles. The standard InChI is InChI=1S/C21H18F3NO2/c1-2-3-6-14-9-11-15(12-10-14)19-25-18(20(26)27-19)13-16-7-4-5-8-17(16)21(22,23)24/h4-5,7-13H,2-3,6H2,1H3/b18-13-. The predicted molar refractivity (Wildman–Crippen MR) is 97.1 cm³/mol. The fraction of sp³-hybridized carbons (Fsp3) is 0.238. The Labute approximate surface area is 155 Å². The van der Waals surface area contributed by atoms with Gasteiger partial charge in [0.2, 0.25) is 5.90 Å². The van der Waals surface area contributed by atoms with Crippen LogP contribution in [-0.4, -0.2) is 11.9 Å². The van der Waals surface area contributed by atoms with Crippen LogP contribution in [0.1, 0.15) is 42.0 Å². The van der Waals surface area contributed by atoms with E-state index in [-0.39, 0.29) is 17.2 Å². The van der Waals surface area contributed by atoms with Crippen LogP contribution in [0, 0.1) is 0 Å². The summed E-state index contributed by atoms with van der Waals surface area (Å²) >= 11 is 0. The molecular weight excluding hydrogens is 355 g/mol. The molecule has 2 aromatic carbocycles. The van der Waals surface area contributed by atoms with E-state index in [1.54, 1.807) is 12.1 Å². The second kappa shape index (κ2) is 7.78. The van der Waals surface area contributed by atoms with E-state index in [0.29, 0.717) is 5.56 Å². The zero-order valence-corrected chi connectivity index (χ0v) is 14.7. The molecule has 1 heterocycles. The smallest absolute Gasteiger partial charge is 0.402 e. The van der Waals surface area contributed by atoms with E-state index < -0.39 is 17.7 Å². The Balaban J connectivity index is 1.88. The normalized spacial score (nSPS) is 15.8. The van der Waals surface area contributed by atoms with Crippen LogP contribution in [0.5, 0.6) is 0 Å². The van der Waals surface area contributed by atoms with Crippen LogP contribution >= 0.6 is 0 Å². The van der Waals surface area contributed by atoms with Gasteiger partial charge in [-0.1, -0.05) is 43.7 Å². The maximum absolute atomic E-state index is 13.1. The van der Waals surface area contributed by atoms with Crippen molar-refractivity contribution in [2.45, 2.75) is 32.4 Å². The summed E-state index contributed by atoms with van der Waals surface area (Å²) in [5.41, 5.74) is 0.666. The molecule has 3 rings (SSSR count). The van der Waals surface area contributed by atoms with Crippen molar-refractivity contribution < 1.29 is 22.7 Å². The highest BCUT2D eigenvalue weighted by molar-refractivity contribution is 6.12. The summed E-state index contributed by atoms with van der Waals surface area (Å²) in [6.45, 7) is 2.12. The maximum atomic E-state index is 13.1. The van der Waals surface area contributed by atoms with Crippen LogP contribution < -0.4 is 0 Å². The summed E-state index contributed by atoms with van der Waals surface area (Å²) in [4.78, 5) is 16.1. The summed E-state index contributed by atoms with van der Waals surface area (Å²) in [5.74, 6) is -0.671. The number of benzene rings is 2. The van der Waals surface area contributed by atoms with Crippen LogP contribution in [0.25, 0.3) is 6.08 Å². The van der Waals surface area contributed by atoms with E-state index in [9.17, 15) is 18.0 Å². The number of cyclic esters (lactones) is 1. The van der Waals surface area contributed by atoms with Gasteiger partial charge in [0.25, 0.3) is 0 Å². The molecule has 2 aromatic rings. The summed E-state index contributed by atoms with van der Waals surface area (Å²) < 4.78 is 44.5. The van der Waals surface area contributed by atoms with E-state index >= 15 is 0 Å². The molecule has 1 aliphatic rings. The molecule has 0 saturated carbocycles. The van der Waals surface area contributed by atoms with Crippen LogP contribution in [-0.2, 0) is 22.1 Å². The third-order valence-corrected chi connectivity index (χ3v) is 4.20. The highest BCUT2D eigenvalue weighted by Crippen LogP contribution is 2.33. The van der Waals surface area contributed by atoms with Gasteiger partial charge in [0.15, 0.2) is 5.70 Å². The van der Waals surface area contributed by atoms with Gasteiger partial charge in [-0.3, -0.25) is 0 Å². The Morgan fingerprint density at radius 3 is 2.44 bits per heavy atom. The van der Waals surface area contributed by atoms with Crippen molar-refractivity contribution in [1.29, 1.82) is 0 Å². The molecule has 0 aliphatic carbocycles. The third-order valence-electron chi connectivity index (χ3n) is 4.20.